The minimum atomic E-state index is -0.0697. The van der Waals surface area contributed by atoms with Crippen LogP contribution in [-0.4, -0.2) is 79.5 Å². The Balaban J connectivity index is 0.000000169. The number of likely N-dealkylation sites (tertiary alicyclic amines) is 1. The fourth-order valence-electron chi connectivity index (χ4n) is 5.44. The lowest BCUT2D eigenvalue weighted by Gasteiger charge is -2.40. The van der Waals surface area contributed by atoms with Crippen LogP contribution in [0.3, 0.4) is 0 Å². The van der Waals surface area contributed by atoms with E-state index in [-0.39, 0.29) is 11.2 Å². The average molecular weight is 505 g/mol. The number of methoxy groups -OCH3 is 1. The first kappa shape index (κ1) is 28.7. The molecule has 0 radical (unpaired) electrons. The second-order valence-corrected chi connectivity index (χ2v) is 11.4. The molecule has 0 spiro atoms. The summed E-state index contributed by atoms with van der Waals surface area (Å²) in [5.74, 6) is 0. The van der Waals surface area contributed by atoms with Crippen molar-refractivity contribution in [1.29, 1.82) is 0 Å². The van der Waals surface area contributed by atoms with Crippen LogP contribution in [-0.2, 0) is 14.3 Å². The van der Waals surface area contributed by atoms with Gasteiger partial charge in [-0.2, -0.15) is 0 Å². The summed E-state index contributed by atoms with van der Waals surface area (Å²) < 4.78 is 11.0. The number of carbonyl (C=O) groups excluding carboxylic acids is 1. The minimum Gasteiger partial charge on any atom is -0.379 e. The molecule has 1 amide bonds. The number of H-pyrrole nitrogens is 1. The van der Waals surface area contributed by atoms with E-state index < -0.39 is 0 Å². The number of carbonyl (C=O) groups is 1. The Kier molecular flexibility index (Phi) is 11.3. The Hall–Kier alpha value is -1.90. The third-order valence-electron chi connectivity index (χ3n) is 7.55. The third kappa shape index (κ3) is 9.20. The Bertz CT molecular complexity index is 797. The molecule has 1 aliphatic carbocycles. The molecule has 2 atom stereocenters. The zero-order valence-corrected chi connectivity index (χ0v) is 22.8. The molecule has 8 heteroatoms. The smallest absolute Gasteiger partial charge is 0.249 e. The maximum atomic E-state index is 11.3. The number of rotatable bonds is 4. The second kappa shape index (κ2) is 14.1. The zero-order valence-electron chi connectivity index (χ0n) is 22.8. The van der Waals surface area contributed by atoms with Crippen LogP contribution in [0.25, 0.3) is 0 Å². The van der Waals surface area contributed by atoms with E-state index in [4.69, 9.17) is 9.47 Å². The van der Waals surface area contributed by atoms with Gasteiger partial charge in [0.2, 0.25) is 12.0 Å². The van der Waals surface area contributed by atoms with Gasteiger partial charge in [0.05, 0.1) is 17.8 Å². The van der Waals surface area contributed by atoms with Crippen LogP contribution in [0, 0.1) is 0 Å². The summed E-state index contributed by atoms with van der Waals surface area (Å²) >= 11 is 0. The van der Waals surface area contributed by atoms with Crippen molar-refractivity contribution in [2.45, 2.75) is 108 Å². The number of piperazine rings is 1. The molecular weight excluding hydrogens is 456 g/mol. The summed E-state index contributed by atoms with van der Waals surface area (Å²) in [5.41, 5.74) is 0.950. The van der Waals surface area contributed by atoms with Gasteiger partial charge >= 0.3 is 0 Å². The van der Waals surface area contributed by atoms with Crippen molar-refractivity contribution in [3.8, 4) is 0 Å². The number of nitrogens with one attached hydrogen (secondary N) is 2. The van der Waals surface area contributed by atoms with Crippen LogP contribution in [0.15, 0.2) is 23.1 Å². The number of nitrogens with zero attached hydrogens (tertiary/aromatic N) is 2. The summed E-state index contributed by atoms with van der Waals surface area (Å²) in [4.78, 5) is 28.9. The van der Waals surface area contributed by atoms with Crippen molar-refractivity contribution in [2.24, 2.45) is 0 Å². The van der Waals surface area contributed by atoms with Gasteiger partial charge < -0.3 is 29.6 Å². The molecular formula is C28H48N4O4. The van der Waals surface area contributed by atoms with E-state index in [2.05, 4.69) is 15.2 Å². The van der Waals surface area contributed by atoms with E-state index in [1.54, 1.807) is 19.4 Å². The largest absolute Gasteiger partial charge is 0.379 e. The van der Waals surface area contributed by atoms with E-state index in [9.17, 15) is 9.59 Å². The molecule has 4 fully saturated rings. The van der Waals surface area contributed by atoms with Gasteiger partial charge in [-0.3, -0.25) is 9.59 Å². The van der Waals surface area contributed by atoms with E-state index in [1.807, 2.05) is 31.7 Å². The Morgan fingerprint density at radius 2 is 1.53 bits per heavy atom. The lowest BCUT2D eigenvalue weighted by atomic mass is 9.97. The molecule has 3 saturated heterocycles. The number of anilines is 1. The lowest BCUT2D eigenvalue weighted by Crippen LogP contribution is -2.53. The standard InChI is InChI=1S/C12H15N3O2.C11H21NO.C5H12O/c16-8-14-6-10-1-2-11(7-14)15(10)9-3-4-13-12(17)5-9;1-2-4-10(5-3-1)13-11-6-8-12-9-7-11;1-5(2,3)6-4/h3-5,8,10-11H,1-2,6-7H2,(H,13,17);10-12H,1-9H2;1-4H3. The van der Waals surface area contributed by atoms with E-state index in [0.717, 1.165) is 51.1 Å². The summed E-state index contributed by atoms with van der Waals surface area (Å²) in [6.07, 6.45) is 15.2. The normalized spacial score (nSPS) is 24.9. The Morgan fingerprint density at radius 3 is 2.06 bits per heavy atom. The molecule has 4 heterocycles. The molecule has 1 aromatic heterocycles. The average Bonchev–Trinajstić information content (AvgIpc) is 3.15. The number of ether oxygens (including phenoxy) is 2. The predicted octanol–water partition coefficient (Wildman–Crippen LogP) is 3.70. The molecule has 36 heavy (non-hydrogen) atoms. The summed E-state index contributed by atoms with van der Waals surface area (Å²) in [6, 6.07) is 4.30. The van der Waals surface area contributed by atoms with Crippen molar-refractivity contribution in [1.82, 2.24) is 15.2 Å². The Morgan fingerprint density at radius 1 is 0.944 bits per heavy atom. The van der Waals surface area contributed by atoms with Gasteiger partial charge in [-0.25, -0.2) is 0 Å². The van der Waals surface area contributed by atoms with E-state index in [0.29, 0.717) is 24.3 Å². The van der Waals surface area contributed by atoms with Crippen LogP contribution < -0.4 is 15.8 Å². The number of aromatic nitrogens is 1. The number of aromatic amines is 1. The molecule has 4 aliphatic rings. The summed E-state index contributed by atoms with van der Waals surface area (Å²) in [6.45, 7) is 9.90. The lowest BCUT2D eigenvalue weighted by molar-refractivity contribution is -0.119. The molecule has 3 aliphatic heterocycles. The maximum absolute atomic E-state index is 11.3. The van der Waals surface area contributed by atoms with Crippen LogP contribution >= 0.6 is 0 Å². The molecule has 1 saturated carbocycles. The fraction of sp³-hybridized carbons (Fsp3) is 0.786. The molecule has 2 unspecified atom stereocenters. The SMILES string of the molecule is C1CCC(OC2CCNCC2)CC1.COC(C)(C)C.O=CN1CC2CCC(C1)N2c1cc[nH]c(=O)c1. The zero-order chi connectivity index (χ0) is 26.0. The van der Waals surface area contributed by atoms with Gasteiger partial charge in [0.1, 0.15) is 0 Å². The van der Waals surface area contributed by atoms with Gasteiger partial charge in [-0.05, 0) is 78.5 Å². The fourth-order valence-corrected chi connectivity index (χ4v) is 5.44. The number of hydrogen-bond donors (Lipinski definition) is 2. The highest BCUT2D eigenvalue weighted by atomic mass is 16.5. The van der Waals surface area contributed by atoms with Crippen molar-refractivity contribution in [3.05, 3.63) is 28.7 Å². The topological polar surface area (TPSA) is 86.9 Å². The number of piperidine rings is 1. The molecule has 0 aromatic carbocycles. The molecule has 8 nitrogen and oxygen atoms in total. The first-order valence-electron chi connectivity index (χ1n) is 13.9. The summed E-state index contributed by atoms with van der Waals surface area (Å²) in [5, 5.41) is 3.37. The highest BCUT2D eigenvalue weighted by Gasteiger charge is 2.39. The Labute approximate surface area is 217 Å². The number of hydrogen-bond acceptors (Lipinski definition) is 6. The number of amides is 1. The van der Waals surface area contributed by atoms with E-state index in [1.165, 1.54) is 44.9 Å². The number of fused-ring (bicyclic) bond motifs is 2. The van der Waals surface area contributed by atoms with Crippen LogP contribution in [0.4, 0.5) is 5.69 Å². The molecule has 2 bridgehead atoms. The van der Waals surface area contributed by atoms with Gasteiger partial charge in [0, 0.05) is 50.2 Å². The quantitative estimate of drug-likeness (QED) is 0.608. The van der Waals surface area contributed by atoms with Crippen molar-refractivity contribution in [3.63, 3.8) is 0 Å². The molecule has 5 rings (SSSR count). The molecule has 1 aromatic rings. The van der Waals surface area contributed by atoms with Crippen molar-refractivity contribution < 1.29 is 14.3 Å². The first-order chi connectivity index (χ1) is 17.3. The van der Waals surface area contributed by atoms with Gasteiger partial charge in [0.15, 0.2) is 0 Å². The molecule has 204 valence electrons. The second-order valence-electron chi connectivity index (χ2n) is 11.4. The van der Waals surface area contributed by atoms with Crippen LogP contribution in [0.2, 0.25) is 0 Å². The van der Waals surface area contributed by atoms with Crippen LogP contribution in [0.5, 0.6) is 0 Å². The third-order valence-corrected chi connectivity index (χ3v) is 7.55. The first-order valence-corrected chi connectivity index (χ1v) is 13.9. The van der Waals surface area contributed by atoms with Gasteiger partial charge in [0.25, 0.3) is 0 Å². The summed E-state index contributed by atoms with van der Waals surface area (Å²) in [7, 11) is 1.71. The van der Waals surface area contributed by atoms with Crippen molar-refractivity contribution >= 4 is 12.1 Å². The van der Waals surface area contributed by atoms with Gasteiger partial charge in [-0.1, -0.05) is 19.3 Å². The predicted molar refractivity (Wildman–Crippen MR) is 145 cm³/mol. The van der Waals surface area contributed by atoms with Crippen molar-refractivity contribution in [2.75, 3.05) is 38.2 Å². The van der Waals surface area contributed by atoms with Gasteiger partial charge in [-0.15, -0.1) is 0 Å². The highest BCUT2D eigenvalue weighted by Crippen LogP contribution is 2.33. The highest BCUT2D eigenvalue weighted by molar-refractivity contribution is 5.53. The monoisotopic (exact) mass is 504 g/mol. The minimum absolute atomic E-state index is 0.0417. The van der Waals surface area contributed by atoms with E-state index >= 15 is 0 Å². The molecule has 2 N–H and O–H groups in total. The number of pyridine rings is 1. The van der Waals surface area contributed by atoms with Crippen LogP contribution in [0.1, 0.15) is 78.6 Å². The maximum Gasteiger partial charge on any atom is 0.249 e.